The summed E-state index contributed by atoms with van der Waals surface area (Å²) in [4.78, 5) is 26.7. The third kappa shape index (κ3) is 3.64. The molecule has 6 nitrogen and oxygen atoms in total. The van der Waals surface area contributed by atoms with Crippen molar-refractivity contribution in [1.29, 1.82) is 0 Å². The van der Waals surface area contributed by atoms with Crippen molar-refractivity contribution in [3.05, 3.63) is 53.1 Å². The Bertz CT molecular complexity index is 917. The summed E-state index contributed by atoms with van der Waals surface area (Å²) in [6.07, 6.45) is 0.172. The van der Waals surface area contributed by atoms with Crippen LogP contribution in [-0.2, 0) is 9.59 Å². The molecule has 2 aliphatic heterocycles. The summed E-state index contributed by atoms with van der Waals surface area (Å²) in [6, 6.07) is 12.6. The van der Waals surface area contributed by atoms with Gasteiger partial charge in [0.1, 0.15) is 13.2 Å². The fraction of sp³-hybridized carbons (Fsp3) is 0.333. The van der Waals surface area contributed by atoms with Gasteiger partial charge < -0.3 is 19.7 Å². The Kier molecular flexibility index (Phi) is 5.13. The lowest BCUT2D eigenvalue weighted by molar-refractivity contribution is -0.126. The van der Waals surface area contributed by atoms with Gasteiger partial charge in [-0.05, 0) is 36.8 Å². The molecule has 2 aromatic carbocycles. The molecule has 0 bridgehead atoms. The second-order valence-electron chi connectivity index (χ2n) is 6.99. The maximum atomic E-state index is 12.7. The molecule has 4 rings (SSSR count). The van der Waals surface area contributed by atoms with E-state index in [1.807, 2.05) is 37.3 Å². The van der Waals surface area contributed by atoms with Gasteiger partial charge in [0.25, 0.3) is 0 Å². The van der Waals surface area contributed by atoms with E-state index >= 15 is 0 Å². The lowest BCUT2D eigenvalue weighted by atomic mass is 10.0. The molecule has 2 amide bonds. The topological polar surface area (TPSA) is 67.9 Å². The highest BCUT2D eigenvalue weighted by Crippen LogP contribution is 2.34. The molecule has 1 saturated heterocycles. The van der Waals surface area contributed by atoms with Gasteiger partial charge in [0.2, 0.25) is 11.8 Å². The van der Waals surface area contributed by atoms with E-state index in [2.05, 4.69) is 5.32 Å². The summed E-state index contributed by atoms with van der Waals surface area (Å²) in [5, 5.41) is 3.51. The number of hydrogen-bond acceptors (Lipinski definition) is 4. The number of nitrogens with one attached hydrogen (secondary N) is 1. The number of hydrogen-bond donors (Lipinski definition) is 1. The van der Waals surface area contributed by atoms with E-state index in [1.54, 1.807) is 17.0 Å². The summed E-state index contributed by atoms with van der Waals surface area (Å²) >= 11 is 6.20. The normalized spacial score (nSPS) is 19.4. The maximum absolute atomic E-state index is 12.7. The van der Waals surface area contributed by atoms with Crippen LogP contribution < -0.4 is 19.7 Å². The van der Waals surface area contributed by atoms with Crippen molar-refractivity contribution in [2.45, 2.75) is 19.4 Å². The summed E-state index contributed by atoms with van der Waals surface area (Å²) in [6.45, 7) is 3.28. The van der Waals surface area contributed by atoms with Gasteiger partial charge in [0, 0.05) is 13.0 Å². The average Bonchev–Trinajstić information content (AvgIpc) is 3.09. The summed E-state index contributed by atoms with van der Waals surface area (Å²) in [7, 11) is 0. The van der Waals surface area contributed by atoms with Gasteiger partial charge in [0.05, 0.1) is 22.7 Å². The van der Waals surface area contributed by atoms with Crippen molar-refractivity contribution in [3.8, 4) is 11.5 Å². The predicted molar refractivity (Wildman–Crippen MR) is 106 cm³/mol. The number of rotatable bonds is 4. The maximum Gasteiger partial charge on any atom is 0.227 e. The Morgan fingerprint density at radius 1 is 1.18 bits per heavy atom. The molecule has 7 heteroatoms. The minimum absolute atomic E-state index is 0.0970. The molecule has 0 aromatic heterocycles. The number of amides is 2. The van der Waals surface area contributed by atoms with Gasteiger partial charge in [-0.25, -0.2) is 0 Å². The number of nitrogens with zero attached hydrogens (tertiary/aromatic N) is 1. The van der Waals surface area contributed by atoms with Crippen molar-refractivity contribution in [2.24, 2.45) is 5.92 Å². The van der Waals surface area contributed by atoms with E-state index in [4.69, 9.17) is 21.1 Å². The fourth-order valence-corrected chi connectivity index (χ4v) is 3.77. The molecule has 0 spiro atoms. The highest BCUT2D eigenvalue weighted by atomic mass is 35.5. The van der Waals surface area contributed by atoms with Crippen LogP contribution in [0.15, 0.2) is 42.5 Å². The summed E-state index contributed by atoms with van der Waals surface area (Å²) < 4.78 is 11.1. The third-order valence-electron chi connectivity index (χ3n) is 5.06. The van der Waals surface area contributed by atoms with Crippen molar-refractivity contribution in [1.82, 2.24) is 5.32 Å². The van der Waals surface area contributed by atoms with Crippen molar-refractivity contribution >= 4 is 29.1 Å². The van der Waals surface area contributed by atoms with Crippen LogP contribution in [0.3, 0.4) is 0 Å². The molecule has 2 heterocycles. The number of carbonyl (C=O) groups is 2. The van der Waals surface area contributed by atoms with E-state index in [0.29, 0.717) is 42.0 Å². The Morgan fingerprint density at radius 3 is 2.71 bits per heavy atom. The molecule has 146 valence electrons. The van der Waals surface area contributed by atoms with Crippen molar-refractivity contribution in [2.75, 3.05) is 24.7 Å². The van der Waals surface area contributed by atoms with E-state index in [-0.39, 0.29) is 24.3 Å². The molecule has 1 fully saturated rings. The first-order valence-electron chi connectivity index (χ1n) is 9.28. The van der Waals surface area contributed by atoms with Gasteiger partial charge in [-0.15, -0.1) is 0 Å². The third-order valence-corrected chi connectivity index (χ3v) is 5.38. The smallest absolute Gasteiger partial charge is 0.227 e. The van der Waals surface area contributed by atoms with Crippen molar-refractivity contribution < 1.29 is 19.1 Å². The highest BCUT2D eigenvalue weighted by molar-refractivity contribution is 6.33. The minimum atomic E-state index is -0.413. The molecule has 1 N–H and O–H groups in total. The van der Waals surface area contributed by atoms with Gasteiger partial charge >= 0.3 is 0 Å². The predicted octanol–water partition coefficient (Wildman–Crippen LogP) is 3.34. The van der Waals surface area contributed by atoms with Crippen LogP contribution in [-0.4, -0.2) is 31.6 Å². The summed E-state index contributed by atoms with van der Waals surface area (Å²) in [5.74, 6) is 0.741. The molecule has 28 heavy (non-hydrogen) atoms. The van der Waals surface area contributed by atoms with E-state index in [9.17, 15) is 9.59 Å². The van der Waals surface area contributed by atoms with Gasteiger partial charge in [-0.1, -0.05) is 29.8 Å². The zero-order valence-electron chi connectivity index (χ0n) is 15.5. The lowest BCUT2D eigenvalue weighted by Crippen LogP contribution is -2.34. The van der Waals surface area contributed by atoms with Crippen LogP contribution in [0.2, 0.25) is 5.02 Å². The van der Waals surface area contributed by atoms with Gasteiger partial charge in [0.15, 0.2) is 11.5 Å². The Labute approximate surface area is 168 Å². The molecule has 2 unspecified atom stereocenters. The number of halogens is 1. The molecule has 0 radical (unpaired) electrons. The first kappa shape index (κ1) is 18.6. The number of anilines is 1. The van der Waals surface area contributed by atoms with Gasteiger partial charge in [-0.3, -0.25) is 9.59 Å². The van der Waals surface area contributed by atoms with E-state index < -0.39 is 5.92 Å². The number of para-hydroxylation sites is 1. The zero-order chi connectivity index (χ0) is 19.7. The van der Waals surface area contributed by atoms with Crippen LogP contribution in [0.25, 0.3) is 0 Å². The fourth-order valence-electron chi connectivity index (χ4n) is 3.53. The molecule has 2 aliphatic rings. The Balaban J connectivity index is 1.42. The number of ether oxygens (including phenoxy) is 2. The van der Waals surface area contributed by atoms with Crippen LogP contribution in [0.1, 0.15) is 24.9 Å². The Morgan fingerprint density at radius 2 is 1.93 bits per heavy atom. The largest absolute Gasteiger partial charge is 0.486 e. The van der Waals surface area contributed by atoms with E-state index in [0.717, 1.165) is 5.56 Å². The second kappa shape index (κ2) is 7.72. The monoisotopic (exact) mass is 400 g/mol. The molecular weight excluding hydrogens is 380 g/mol. The minimum Gasteiger partial charge on any atom is -0.486 e. The lowest BCUT2D eigenvalue weighted by Gasteiger charge is -2.22. The Hall–Kier alpha value is -2.73. The zero-order valence-corrected chi connectivity index (χ0v) is 16.2. The highest BCUT2D eigenvalue weighted by Gasteiger charge is 2.36. The standard InChI is InChI=1S/C21H21ClN2O4/c1-13(14-6-7-18-19(10-14)28-9-8-27-18)23-21(26)15-11-20(25)24(12-15)17-5-3-2-4-16(17)22/h2-7,10,13,15H,8-9,11-12H2,1H3,(H,23,26). The van der Waals surface area contributed by atoms with E-state index in [1.165, 1.54) is 0 Å². The molecule has 2 atom stereocenters. The number of carbonyl (C=O) groups excluding carboxylic acids is 2. The molecule has 0 saturated carbocycles. The van der Waals surface area contributed by atoms with Crippen LogP contribution in [0.5, 0.6) is 11.5 Å². The summed E-state index contributed by atoms with van der Waals surface area (Å²) in [5.41, 5.74) is 1.56. The molecule has 0 aliphatic carbocycles. The average molecular weight is 401 g/mol. The molecular formula is C21H21ClN2O4. The number of fused-ring (bicyclic) bond motifs is 1. The first-order chi connectivity index (χ1) is 13.5. The van der Waals surface area contributed by atoms with Crippen LogP contribution in [0, 0.1) is 5.92 Å². The second-order valence-corrected chi connectivity index (χ2v) is 7.40. The number of benzene rings is 2. The molecule has 2 aromatic rings. The SMILES string of the molecule is CC(NC(=O)C1CC(=O)N(c2ccccc2Cl)C1)c1ccc2c(c1)OCCO2. The van der Waals surface area contributed by atoms with Crippen LogP contribution in [0.4, 0.5) is 5.69 Å². The quantitative estimate of drug-likeness (QED) is 0.854. The van der Waals surface area contributed by atoms with Crippen LogP contribution >= 0.6 is 11.6 Å². The van der Waals surface area contributed by atoms with Gasteiger partial charge in [-0.2, -0.15) is 0 Å². The van der Waals surface area contributed by atoms with Crippen molar-refractivity contribution in [3.63, 3.8) is 0 Å². The first-order valence-corrected chi connectivity index (χ1v) is 9.65.